The van der Waals surface area contributed by atoms with E-state index in [0.29, 0.717) is 23.5 Å². The van der Waals surface area contributed by atoms with Crippen molar-refractivity contribution in [1.29, 1.82) is 0 Å². The topological polar surface area (TPSA) is 94.0 Å². The molecule has 5 N–H and O–H groups in total. The van der Waals surface area contributed by atoms with Crippen molar-refractivity contribution in [2.45, 2.75) is 13.5 Å². The van der Waals surface area contributed by atoms with Crippen LogP contribution < -0.4 is 16.8 Å². The Balaban J connectivity index is 2.14. The van der Waals surface area contributed by atoms with Gasteiger partial charge in [0.25, 0.3) is 5.91 Å². The fraction of sp³-hybridized carbons (Fsp3) is 0.167. The molecule has 0 spiro atoms. The van der Waals surface area contributed by atoms with Crippen LogP contribution in [0.15, 0.2) is 24.4 Å². The Kier molecular flexibility index (Phi) is 3.47. The molecule has 0 radical (unpaired) electrons. The summed E-state index contributed by atoms with van der Waals surface area (Å²) in [5.74, 6) is -0.527. The molecule has 0 aliphatic carbocycles. The number of thiazole rings is 1. The molecule has 18 heavy (non-hydrogen) atoms. The Morgan fingerprint density at radius 1 is 1.50 bits per heavy atom. The maximum Gasteiger partial charge on any atom is 0.250 e. The zero-order chi connectivity index (χ0) is 13.1. The third-order valence-electron chi connectivity index (χ3n) is 2.47. The molecule has 0 unspecified atom stereocenters. The van der Waals surface area contributed by atoms with Crippen LogP contribution in [-0.2, 0) is 6.54 Å². The van der Waals surface area contributed by atoms with Crippen molar-refractivity contribution < 1.29 is 4.79 Å². The fourth-order valence-electron chi connectivity index (χ4n) is 1.59. The van der Waals surface area contributed by atoms with Crippen LogP contribution in [0.1, 0.15) is 20.2 Å². The van der Waals surface area contributed by atoms with E-state index < -0.39 is 5.91 Å². The maximum atomic E-state index is 11.2. The minimum Gasteiger partial charge on any atom is -0.396 e. The van der Waals surface area contributed by atoms with Gasteiger partial charge in [0, 0.05) is 11.1 Å². The minimum atomic E-state index is -0.527. The number of hydrogen-bond donors (Lipinski definition) is 3. The quantitative estimate of drug-likeness (QED) is 0.731. The Morgan fingerprint density at radius 2 is 2.28 bits per heavy atom. The zero-order valence-electron chi connectivity index (χ0n) is 9.93. The van der Waals surface area contributed by atoms with Crippen molar-refractivity contribution in [2.75, 3.05) is 11.1 Å². The van der Waals surface area contributed by atoms with E-state index in [0.717, 1.165) is 9.88 Å². The second-order valence-corrected chi connectivity index (χ2v) is 5.17. The molecule has 0 saturated heterocycles. The van der Waals surface area contributed by atoms with Gasteiger partial charge >= 0.3 is 0 Å². The molecule has 0 atom stereocenters. The number of carbonyl (C=O) groups excluding carboxylic acids is 1. The smallest absolute Gasteiger partial charge is 0.250 e. The predicted molar refractivity (Wildman–Crippen MR) is 73.6 cm³/mol. The van der Waals surface area contributed by atoms with Gasteiger partial charge < -0.3 is 16.8 Å². The Labute approximate surface area is 109 Å². The van der Waals surface area contributed by atoms with Crippen molar-refractivity contribution in [3.63, 3.8) is 0 Å². The number of aryl methyl sites for hydroxylation is 1. The molecular formula is C12H14N4OS. The zero-order valence-corrected chi connectivity index (χ0v) is 10.8. The number of anilines is 2. The van der Waals surface area contributed by atoms with E-state index in [4.69, 9.17) is 11.5 Å². The SMILES string of the molecule is Cc1cnc(CNc2cccc(C(N)=O)c2N)s1. The van der Waals surface area contributed by atoms with Gasteiger partial charge in [-0.2, -0.15) is 0 Å². The largest absolute Gasteiger partial charge is 0.396 e. The first-order valence-electron chi connectivity index (χ1n) is 5.41. The summed E-state index contributed by atoms with van der Waals surface area (Å²) in [6.45, 7) is 2.58. The van der Waals surface area contributed by atoms with Gasteiger partial charge in [-0.1, -0.05) is 6.07 Å². The summed E-state index contributed by atoms with van der Waals surface area (Å²) < 4.78 is 0. The van der Waals surface area contributed by atoms with Gasteiger partial charge in [-0.25, -0.2) is 4.98 Å². The van der Waals surface area contributed by atoms with Crippen LogP contribution in [0.25, 0.3) is 0 Å². The first-order chi connectivity index (χ1) is 8.58. The average molecular weight is 262 g/mol. The second-order valence-electron chi connectivity index (χ2n) is 3.85. The summed E-state index contributed by atoms with van der Waals surface area (Å²) in [5, 5.41) is 4.12. The van der Waals surface area contributed by atoms with Crippen molar-refractivity contribution >= 4 is 28.6 Å². The number of primary amides is 1. The summed E-state index contributed by atoms with van der Waals surface area (Å²) >= 11 is 1.62. The van der Waals surface area contributed by atoms with Gasteiger partial charge in [-0.05, 0) is 19.1 Å². The number of aromatic nitrogens is 1. The van der Waals surface area contributed by atoms with Gasteiger partial charge in [-0.15, -0.1) is 11.3 Å². The van der Waals surface area contributed by atoms with E-state index >= 15 is 0 Å². The molecular weight excluding hydrogens is 248 g/mol. The van der Waals surface area contributed by atoms with Crippen LogP contribution in [0.5, 0.6) is 0 Å². The molecule has 0 aliphatic rings. The molecule has 0 saturated carbocycles. The fourth-order valence-corrected chi connectivity index (χ4v) is 2.32. The normalized spacial score (nSPS) is 10.3. The van der Waals surface area contributed by atoms with Crippen molar-refractivity contribution in [2.24, 2.45) is 5.73 Å². The number of nitrogens with one attached hydrogen (secondary N) is 1. The van der Waals surface area contributed by atoms with E-state index in [9.17, 15) is 4.79 Å². The van der Waals surface area contributed by atoms with E-state index in [2.05, 4.69) is 10.3 Å². The monoisotopic (exact) mass is 262 g/mol. The summed E-state index contributed by atoms with van der Waals surface area (Å²) in [6, 6.07) is 5.16. The predicted octanol–water partition coefficient (Wildman–Crippen LogP) is 1.74. The number of nitrogen functional groups attached to an aromatic ring is 1. The molecule has 1 aromatic heterocycles. The molecule has 1 aromatic carbocycles. The first-order valence-corrected chi connectivity index (χ1v) is 6.23. The maximum absolute atomic E-state index is 11.2. The molecule has 0 bridgehead atoms. The van der Waals surface area contributed by atoms with E-state index in [-0.39, 0.29) is 0 Å². The molecule has 94 valence electrons. The van der Waals surface area contributed by atoms with Gasteiger partial charge in [0.05, 0.1) is 23.5 Å². The second kappa shape index (κ2) is 5.05. The highest BCUT2D eigenvalue weighted by Gasteiger charge is 2.09. The highest BCUT2D eigenvalue weighted by atomic mass is 32.1. The number of rotatable bonds is 4. The van der Waals surface area contributed by atoms with E-state index in [1.807, 2.05) is 19.2 Å². The molecule has 2 rings (SSSR count). The summed E-state index contributed by atoms with van der Waals surface area (Å²) in [7, 11) is 0. The molecule has 0 aliphatic heterocycles. The number of para-hydroxylation sites is 1. The highest BCUT2D eigenvalue weighted by molar-refractivity contribution is 7.11. The van der Waals surface area contributed by atoms with E-state index in [1.165, 1.54) is 0 Å². The lowest BCUT2D eigenvalue weighted by Crippen LogP contribution is -2.14. The Morgan fingerprint density at radius 3 is 2.89 bits per heavy atom. The highest BCUT2D eigenvalue weighted by Crippen LogP contribution is 2.23. The lowest BCUT2D eigenvalue weighted by molar-refractivity contribution is 0.100. The van der Waals surface area contributed by atoms with Crippen LogP contribution in [-0.4, -0.2) is 10.9 Å². The number of nitrogens with two attached hydrogens (primary N) is 2. The van der Waals surface area contributed by atoms with Gasteiger partial charge in [0.15, 0.2) is 0 Å². The molecule has 1 heterocycles. The number of hydrogen-bond acceptors (Lipinski definition) is 5. The summed E-state index contributed by atoms with van der Waals surface area (Å²) in [4.78, 5) is 16.6. The van der Waals surface area contributed by atoms with Crippen molar-refractivity contribution in [3.05, 3.63) is 39.8 Å². The molecule has 6 heteroatoms. The number of benzene rings is 1. The number of amides is 1. The minimum absolute atomic E-state index is 0.329. The van der Waals surface area contributed by atoms with Crippen LogP contribution >= 0.6 is 11.3 Å². The Hall–Kier alpha value is -2.08. The van der Waals surface area contributed by atoms with Gasteiger partial charge in [-0.3, -0.25) is 4.79 Å². The summed E-state index contributed by atoms with van der Waals surface area (Å²) in [5.41, 5.74) is 12.5. The summed E-state index contributed by atoms with van der Waals surface area (Å²) in [6.07, 6.45) is 1.82. The van der Waals surface area contributed by atoms with Crippen molar-refractivity contribution in [3.8, 4) is 0 Å². The lowest BCUT2D eigenvalue weighted by atomic mass is 10.1. The lowest BCUT2D eigenvalue weighted by Gasteiger charge is -2.10. The van der Waals surface area contributed by atoms with Crippen LogP contribution in [0.2, 0.25) is 0 Å². The Bertz CT molecular complexity index is 579. The first kappa shape index (κ1) is 12.4. The standard InChI is InChI=1S/C12H14N4OS/c1-7-5-16-10(18-7)6-15-9-4-2-3-8(11(9)13)12(14)17/h2-5,15H,6,13H2,1H3,(H2,14,17). The van der Waals surface area contributed by atoms with Gasteiger partial charge in [0.2, 0.25) is 0 Å². The molecule has 5 nitrogen and oxygen atoms in total. The third kappa shape index (κ3) is 2.60. The van der Waals surface area contributed by atoms with Crippen LogP contribution in [0.3, 0.4) is 0 Å². The number of nitrogens with zero attached hydrogens (tertiary/aromatic N) is 1. The van der Waals surface area contributed by atoms with Crippen molar-refractivity contribution in [1.82, 2.24) is 4.98 Å². The van der Waals surface area contributed by atoms with E-state index in [1.54, 1.807) is 23.5 Å². The average Bonchev–Trinajstić information content (AvgIpc) is 2.73. The van der Waals surface area contributed by atoms with Crippen LogP contribution in [0.4, 0.5) is 11.4 Å². The van der Waals surface area contributed by atoms with Gasteiger partial charge in [0.1, 0.15) is 5.01 Å². The molecule has 1 amide bonds. The molecule has 2 aromatic rings. The third-order valence-corrected chi connectivity index (χ3v) is 3.38. The van der Waals surface area contributed by atoms with Crippen LogP contribution in [0, 0.1) is 6.92 Å². The molecule has 0 fully saturated rings. The number of carbonyl (C=O) groups is 1.